The molecule has 2 nitrogen and oxygen atoms in total. The van der Waals surface area contributed by atoms with Crippen LogP contribution in [0.5, 0.6) is 0 Å². The van der Waals surface area contributed by atoms with Gasteiger partial charge in [0.25, 0.3) is 0 Å². The predicted molar refractivity (Wildman–Crippen MR) is 92.4 cm³/mol. The number of nitrogens with one attached hydrogen (secondary N) is 1. The summed E-state index contributed by atoms with van der Waals surface area (Å²) in [7, 11) is 0. The minimum absolute atomic E-state index is 0.866. The number of allylic oxidation sites excluding steroid dienone is 2. The van der Waals surface area contributed by atoms with Crippen molar-refractivity contribution < 1.29 is 0 Å². The van der Waals surface area contributed by atoms with E-state index in [4.69, 9.17) is 0 Å². The Kier molecular flexibility index (Phi) is 3.89. The lowest BCUT2D eigenvalue weighted by Crippen LogP contribution is -1.81. The molecule has 0 bridgehead atoms. The maximum Gasteiger partial charge on any atom is 0.138 e. The van der Waals surface area contributed by atoms with Crippen LogP contribution < -0.4 is 0 Å². The van der Waals surface area contributed by atoms with E-state index in [0.29, 0.717) is 0 Å². The highest BCUT2D eigenvalue weighted by molar-refractivity contribution is 5.82. The Balaban J connectivity index is 1.92. The van der Waals surface area contributed by atoms with Crippen molar-refractivity contribution in [2.45, 2.75) is 6.92 Å². The summed E-state index contributed by atoms with van der Waals surface area (Å²) in [6.07, 6.45) is 7.70. The van der Waals surface area contributed by atoms with Gasteiger partial charge in [-0.1, -0.05) is 48.3 Å². The molecule has 0 aliphatic heterocycles. The average Bonchev–Trinajstić information content (AvgIpc) is 3.00. The molecule has 0 atom stereocenters. The van der Waals surface area contributed by atoms with E-state index in [1.165, 1.54) is 0 Å². The fraction of sp³-hybridized carbons (Fsp3) is 0.0500. The van der Waals surface area contributed by atoms with Crippen LogP contribution in [-0.2, 0) is 0 Å². The SMILES string of the molecule is C=C(C)/C=C/c1cccc(C#Cc2ccnc3[nH]ccc23)c1. The molecule has 0 aliphatic rings. The summed E-state index contributed by atoms with van der Waals surface area (Å²) in [5.41, 5.74) is 4.99. The van der Waals surface area contributed by atoms with E-state index < -0.39 is 0 Å². The van der Waals surface area contributed by atoms with Gasteiger partial charge in [0, 0.05) is 28.9 Å². The van der Waals surface area contributed by atoms with Gasteiger partial charge >= 0.3 is 0 Å². The molecule has 0 amide bonds. The number of benzene rings is 1. The first kappa shape index (κ1) is 13.9. The molecule has 3 rings (SSSR count). The van der Waals surface area contributed by atoms with Crippen molar-refractivity contribution in [1.29, 1.82) is 0 Å². The Bertz CT molecular complexity index is 917. The van der Waals surface area contributed by atoms with Crippen LogP contribution in [0.4, 0.5) is 0 Å². The predicted octanol–water partition coefficient (Wildman–Crippen LogP) is 4.55. The second-order valence-corrected chi connectivity index (χ2v) is 5.15. The van der Waals surface area contributed by atoms with Gasteiger partial charge in [0.15, 0.2) is 0 Å². The highest BCUT2D eigenvalue weighted by Crippen LogP contribution is 2.14. The van der Waals surface area contributed by atoms with Gasteiger partial charge in [-0.25, -0.2) is 4.98 Å². The molecule has 22 heavy (non-hydrogen) atoms. The zero-order valence-electron chi connectivity index (χ0n) is 12.4. The van der Waals surface area contributed by atoms with Gasteiger partial charge in [0.1, 0.15) is 5.65 Å². The Morgan fingerprint density at radius 3 is 3.00 bits per heavy atom. The smallest absolute Gasteiger partial charge is 0.138 e. The van der Waals surface area contributed by atoms with Crippen molar-refractivity contribution in [3.8, 4) is 11.8 Å². The minimum Gasteiger partial charge on any atom is -0.346 e. The van der Waals surface area contributed by atoms with Crippen molar-refractivity contribution in [3.63, 3.8) is 0 Å². The molecular weight excluding hydrogens is 268 g/mol. The van der Waals surface area contributed by atoms with E-state index >= 15 is 0 Å². The molecule has 3 aromatic rings. The van der Waals surface area contributed by atoms with Crippen molar-refractivity contribution in [3.05, 3.63) is 83.7 Å². The van der Waals surface area contributed by atoms with Gasteiger partial charge in [-0.05, 0) is 36.8 Å². The third kappa shape index (κ3) is 3.16. The number of pyridine rings is 1. The molecule has 0 saturated carbocycles. The van der Waals surface area contributed by atoms with Gasteiger partial charge in [0.2, 0.25) is 0 Å². The van der Waals surface area contributed by atoms with E-state index in [9.17, 15) is 0 Å². The molecule has 2 heteroatoms. The van der Waals surface area contributed by atoms with E-state index in [1.807, 2.05) is 49.5 Å². The molecule has 0 aliphatic carbocycles. The fourth-order valence-corrected chi connectivity index (χ4v) is 2.17. The number of hydrogen-bond donors (Lipinski definition) is 1. The zero-order chi connectivity index (χ0) is 15.4. The maximum atomic E-state index is 4.27. The van der Waals surface area contributed by atoms with Crippen LogP contribution in [0.25, 0.3) is 17.1 Å². The first-order valence-electron chi connectivity index (χ1n) is 7.10. The van der Waals surface area contributed by atoms with E-state index in [0.717, 1.165) is 33.3 Å². The summed E-state index contributed by atoms with van der Waals surface area (Å²) >= 11 is 0. The van der Waals surface area contributed by atoms with Gasteiger partial charge in [-0.2, -0.15) is 0 Å². The second-order valence-electron chi connectivity index (χ2n) is 5.15. The average molecular weight is 284 g/mol. The van der Waals surface area contributed by atoms with E-state index in [2.05, 4.69) is 40.5 Å². The summed E-state index contributed by atoms with van der Waals surface area (Å²) in [4.78, 5) is 7.37. The van der Waals surface area contributed by atoms with Gasteiger partial charge in [-0.3, -0.25) is 0 Å². The van der Waals surface area contributed by atoms with Crippen LogP contribution in [0.2, 0.25) is 0 Å². The number of fused-ring (bicyclic) bond motifs is 1. The standard InChI is InChI=1S/C20H16N2/c1-15(2)6-7-16-4-3-5-17(14-16)8-9-18-10-12-21-20-19(18)11-13-22-20/h3-7,10-14H,1H2,2H3,(H,21,22)/b7-6+. The molecule has 2 heterocycles. The summed E-state index contributed by atoms with van der Waals surface area (Å²) in [6, 6.07) is 12.1. The molecule has 0 saturated heterocycles. The van der Waals surface area contributed by atoms with Gasteiger partial charge in [0.05, 0.1) is 0 Å². The van der Waals surface area contributed by atoms with Crippen LogP contribution in [0.1, 0.15) is 23.6 Å². The third-order valence-corrected chi connectivity index (χ3v) is 3.25. The van der Waals surface area contributed by atoms with Crippen molar-refractivity contribution in [1.82, 2.24) is 9.97 Å². The number of aromatic amines is 1. The topological polar surface area (TPSA) is 28.7 Å². The van der Waals surface area contributed by atoms with Gasteiger partial charge < -0.3 is 4.98 Å². The van der Waals surface area contributed by atoms with Crippen LogP contribution >= 0.6 is 0 Å². The Hall–Kier alpha value is -3.05. The Morgan fingerprint density at radius 2 is 2.14 bits per heavy atom. The number of aromatic nitrogens is 2. The second kappa shape index (κ2) is 6.15. The molecule has 0 unspecified atom stereocenters. The fourth-order valence-electron chi connectivity index (χ4n) is 2.17. The van der Waals surface area contributed by atoms with Crippen molar-refractivity contribution in [2.24, 2.45) is 0 Å². The molecule has 1 N–H and O–H groups in total. The summed E-state index contributed by atoms with van der Waals surface area (Å²) in [6.45, 7) is 5.85. The molecule has 0 fully saturated rings. The first-order chi connectivity index (χ1) is 10.7. The molecular formula is C20H16N2. The highest BCUT2D eigenvalue weighted by Gasteiger charge is 1.99. The molecule has 1 aromatic carbocycles. The highest BCUT2D eigenvalue weighted by atomic mass is 14.8. The number of rotatable bonds is 2. The molecule has 2 aromatic heterocycles. The summed E-state index contributed by atoms with van der Waals surface area (Å²) in [5.74, 6) is 6.45. The normalized spacial score (nSPS) is 10.6. The van der Waals surface area contributed by atoms with Crippen LogP contribution in [0, 0.1) is 11.8 Å². The number of nitrogens with zero attached hydrogens (tertiary/aromatic N) is 1. The Morgan fingerprint density at radius 1 is 1.23 bits per heavy atom. The van der Waals surface area contributed by atoms with Crippen molar-refractivity contribution >= 4 is 17.1 Å². The lowest BCUT2D eigenvalue weighted by atomic mass is 10.1. The Labute approximate surface area is 130 Å². The summed E-state index contributed by atoms with van der Waals surface area (Å²) in [5, 5.41) is 1.05. The largest absolute Gasteiger partial charge is 0.346 e. The maximum absolute atomic E-state index is 4.27. The molecule has 0 spiro atoms. The van der Waals surface area contributed by atoms with E-state index in [1.54, 1.807) is 6.20 Å². The van der Waals surface area contributed by atoms with Crippen LogP contribution in [0.3, 0.4) is 0 Å². The zero-order valence-corrected chi connectivity index (χ0v) is 12.4. The number of H-pyrrole nitrogens is 1. The quantitative estimate of drug-likeness (QED) is 0.542. The third-order valence-electron chi connectivity index (χ3n) is 3.25. The first-order valence-corrected chi connectivity index (χ1v) is 7.10. The van der Waals surface area contributed by atoms with Crippen LogP contribution in [-0.4, -0.2) is 9.97 Å². The molecule has 106 valence electrons. The minimum atomic E-state index is 0.866. The van der Waals surface area contributed by atoms with Crippen LogP contribution in [0.15, 0.2) is 67.0 Å². The van der Waals surface area contributed by atoms with Crippen molar-refractivity contribution in [2.75, 3.05) is 0 Å². The van der Waals surface area contributed by atoms with Gasteiger partial charge in [-0.15, -0.1) is 0 Å². The van der Waals surface area contributed by atoms with E-state index in [-0.39, 0.29) is 0 Å². The lowest BCUT2D eigenvalue weighted by molar-refractivity contribution is 1.32. The molecule has 0 radical (unpaired) electrons. The monoisotopic (exact) mass is 284 g/mol. The lowest BCUT2D eigenvalue weighted by Gasteiger charge is -1.96. The number of hydrogen-bond acceptors (Lipinski definition) is 1. The summed E-state index contributed by atoms with van der Waals surface area (Å²) < 4.78 is 0.